The minimum Gasteiger partial charge on any atom is -0.377 e. The molecule has 4 heteroatoms. The highest BCUT2D eigenvalue weighted by atomic mass is 16.5. The molecule has 1 fully saturated rings. The quantitative estimate of drug-likeness (QED) is 0.683. The lowest BCUT2D eigenvalue weighted by atomic mass is 10.1. The maximum Gasteiger partial charge on any atom is 0.233 e. The lowest BCUT2D eigenvalue weighted by Crippen LogP contribution is -2.39. The molecule has 0 bridgehead atoms. The summed E-state index contributed by atoms with van der Waals surface area (Å²) in [6, 6.07) is 0. The van der Waals surface area contributed by atoms with Gasteiger partial charge in [0.1, 0.15) is 0 Å². The molecule has 0 radical (unpaired) electrons. The number of nitrogens with one attached hydrogen (secondary N) is 2. The molecular weight excluding hydrogens is 192 g/mol. The van der Waals surface area contributed by atoms with Crippen LogP contribution in [0.2, 0.25) is 0 Å². The monoisotopic (exact) mass is 214 g/mol. The first kappa shape index (κ1) is 12.5. The standard InChI is InChI=1S/C11H22N2O2/c1-2-6-13-11(14)9-12-8-10-5-3-4-7-15-10/h10,12H,2-9H2,1H3,(H,13,14). The molecular formula is C11H22N2O2. The Labute approximate surface area is 91.8 Å². The smallest absolute Gasteiger partial charge is 0.233 e. The number of ether oxygens (including phenoxy) is 1. The van der Waals surface area contributed by atoms with Gasteiger partial charge < -0.3 is 15.4 Å². The van der Waals surface area contributed by atoms with Gasteiger partial charge in [-0.2, -0.15) is 0 Å². The molecule has 4 nitrogen and oxygen atoms in total. The van der Waals surface area contributed by atoms with Crippen LogP contribution in [-0.2, 0) is 9.53 Å². The highest BCUT2D eigenvalue weighted by molar-refractivity contribution is 5.77. The van der Waals surface area contributed by atoms with E-state index in [2.05, 4.69) is 10.6 Å². The predicted octanol–water partition coefficient (Wildman–Crippen LogP) is 0.671. The highest BCUT2D eigenvalue weighted by Gasteiger charge is 2.13. The van der Waals surface area contributed by atoms with Gasteiger partial charge in [0.05, 0.1) is 12.6 Å². The Morgan fingerprint density at radius 3 is 3.00 bits per heavy atom. The van der Waals surface area contributed by atoms with Crippen LogP contribution in [-0.4, -0.2) is 38.3 Å². The summed E-state index contributed by atoms with van der Waals surface area (Å²) >= 11 is 0. The van der Waals surface area contributed by atoms with E-state index >= 15 is 0 Å². The van der Waals surface area contributed by atoms with E-state index in [1.807, 2.05) is 6.92 Å². The fourth-order valence-corrected chi connectivity index (χ4v) is 1.64. The second-order valence-corrected chi connectivity index (χ2v) is 3.97. The summed E-state index contributed by atoms with van der Waals surface area (Å²) in [5, 5.41) is 5.95. The van der Waals surface area contributed by atoms with Gasteiger partial charge in [0.15, 0.2) is 0 Å². The topological polar surface area (TPSA) is 50.4 Å². The van der Waals surface area contributed by atoms with Gasteiger partial charge in [0, 0.05) is 19.7 Å². The van der Waals surface area contributed by atoms with Crippen LogP contribution in [0.4, 0.5) is 0 Å². The van der Waals surface area contributed by atoms with Gasteiger partial charge in [-0.15, -0.1) is 0 Å². The number of carbonyl (C=O) groups is 1. The lowest BCUT2D eigenvalue weighted by molar-refractivity contribution is -0.120. The molecule has 88 valence electrons. The molecule has 0 aromatic carbocycles. The maximum atomic E-state index is 11.2. The Kier molecular flexibility index (Phi) is 6.36. The van der Waals surface area contributed by atoms with Crippen molar-refractivity contribution in [2.75, 3.05) is 26.2 Å². The van der Waals surface area contributed by atoms with Crippen LogP contribution in [0.15, 0.2) is 0 Å². The first-order valence-electron chi connectivity index (χ1n) is 5.92. The van der Waals surface area contributed by atoms with Crippen LogP contribution < -0.4 is 10.6 Å². The van der Waals surface area contributed by atoms with Crippen molar-refractivity contribution in [2.45, 2.75) is 38.7 Å². The van der Waals surface area contributed by atoms with Gasteiger partial charge in [-0.25, -0.2) is 0 Å². The lowest BCUT2D eigenvalue weighted by Gasteiger charge is -2.22. The molecule has 1 aliphatic rings. The Morgan fingerprint density at radius 2 is 2.33 bits per heavy atom. The van der Waals surface area contributed by atoms with Crippen molar-refractivity contribution >= 4 is 5.91 Å². The van der Waals surface area contributed by atoms with E-state index in [0.717, 1.165) is 32.5 Å². The minimum atomic E-state index is 0.0765. The summed E-state index contributed by atoms with van der Waals surface area (Å²) in [5.41, 5.74) is 0. The summed E-state index contributed by atoms with van der Waals surface area (Å²) in [7, 11) is 0. The molecule has 2 N–H and O–H groups in total. The fourth-order valence-electron chi connectivity index (χ4n) is 1.64. The first-order valence-corrected chi connectivity index (χ1v) is 5.92. The van der Waals surface area contributed by atoms with Crippen molar-refractivity contribution in [2.24, 2.45) is 0 Å². The maximum absolute atomic E-state index is 11.2. The van der Waals surface area contributed by atoms with Crippen molar-refractivity contribution in [1.82, 2.24) is 10.6 Å². The third-order valence-corrected chi connectivity index (χ3v) is 2.50. The van der Waals surface area contributed by atoms with Crippen LogP contribution in [0.3, 0.4) is 0 Å². The molecule has 0 aromatic heterocycles. The minimum absolute atomic E-state index is 0.0765. The van der Waals surface area contributed by atoms with E-state index in [4.69, 9.17) is 4.74 Å². The Hall–Kier alpha value is -0.610. The summed E-state index contributed by atoms with van der Waals surface area (Å²) in [6.07, 6.45) is 4.82. The molecule has 1 heterocycles. The summed E-state index contributed by atoms with van der Waals surface area (Å²) in [5.74, 6) is 0.0765. The van der Waals surface area contributed by atoms with E-state index in [-0.39, 0.29) is 5.91 Å². The van der Waals surface area contributed by atoms with Gasteiger partial charge in [-0.1, -0.05) is 6.92 Å². The number of amides is 1. The van der Waals surface area contributed by atoms with Gasteiger partial charge in [-0.3, -0.25) is 4.79 Å². The van der Waals surface area contributed by atoms with Gasteiger partial charge in [0.2, 0.25) is 5.91 Å². The van der Waals surface area contributed by atoms with Gasteiger partial charge >= 0.3 is 0 Å². The van der Waals surface area contributed by atoms with Crippen LogP contribution in [0.25, 0.3) is 0 Å². The van der Waals surface area contributed by atoms with Gasteiger partial charge in [-0.05, 0) is 25.7 Å². The average molecular weight is 214 g/mol. The van der Waals surface area contributed by atoms with Crippen LogP contribution in [0, 0.1) is 0 Å². The van der Waals surface area contributed by atoms with E-state index in [1.165, 1.54) is 12.8 Å². The zero-order valence-electron chi connectivity index (χ0n) is 9.55. The molecule has 1 saturated heterocycles. The number of hydrogen-bond acceptors (Lipinski definition) is 3. The molecule has 1 aliphatic heterocycles. The highest BCUT2D eigenvalue weighted by Crippen LogP contribution is 2.11. The average Bonchev–Trinajstić information content (AvgIpc) is 2.28. The van der Waals surface area contributed by atoms with E-state index < -0.39 is 0 Å². The molecule has 0 aromatic rings. The number of rotatable bonds is 6. The van der Waals surface area contributed by atoms with E-state index in [9.17, 15) is 4.79 Å². The third-order valence-electron chi connectivity index (χ3n) is 2.50. The Bertz CT molecular complexity index is 179. The van der Waals surface area contributed by atoms with E-state index in [1.54, 1.807) is 0 Å². The number of carbonyl (C=O) groups excluding carboxylic acids is 1. The second-order valence-electron chi connectivity index (χ2n) is 3.97. The van der Waals surface area contributed by atoms with Crippen LogP contribution >= 0.6 is 0 Å². The Morgan fingerprint density at radius 1 is 1.47 bits per heavy atom. The van der Waals surface area contributed by atoms with Crippen molar-refractivity contribution in [3.05, 3.63) is 0 Å². The van der Waals surface area contributed by atoms with E-state index in [0.29, 0.717) is 12.6 Å². The summed E-state index contributed by atoms with van der Waals surface area (Å²) in [6.45, 7) is 4.87. The molecule has 1 unspecified atom stereocenters. The number of hydrogen-bond donors (Lipinski definition) is 2. The van der Waals surface area contributed by atoms with Crippen molar-refractivity contribution in [3.63, 3.8) is 0 Å². The summed E-state index contributed by atoms with van der Waals surface area (Å²) in [4.78, 5) is 11.2. The van der Waals surface area contributed by atoms with Crippen LogP contribution in [0.1, 0.15) is 32.6 Å². The summed E-state index contributed by atoms with van der Waals surface area (Å²) < 4.78 is 5.55. The van der Waals surface area contributed by atoms with Gasteiger partial charge in [0.25, 0.3) is 0 Å². The molecule has 0 aliphatic carbocycles. The molecule has 1 atom stereocenters. The normalized spacial score (nSPS) is 21.3. The zero-order chi connectivity index (χ0) is 10.9. The van der Waals surface area contributed by atoms with Crippen molar-refractivity contribution in [1.29, 1.82) is 0 Å². The first-order chi connectivity index (χ1) is 7.33. The zero-order valence-corrected chi connectivity index (χ0v) is 9.55. The SMILES string of the molecule is CCCNC(=O)CNCC1CCCCO1. The predicted molar refractivity (Wildman–Crippen MR) is 59.8 cm³/mol. The molecule has 15 heavy (non-hydrogen) atoms. The van der Waals surface area contributed by atoms with Crippen LogP contribution in [0.5, 0.6) is 0 Å². The third kappa shape index (κ3) is 5.74. The fraction of sp³-hybridized carbons (Fsp3) is 0.909. The largest absolute Gasteiger partial charge is 0.377 e. The Balaban J connectivity index is 1.97. The molecule has 1 amide bonds. The molecule has 1 rings (SSSR count). The van der Waals surface area contributed by atoms with Crippen molar-refractivity contribution in [3.8, 4) is 0 Å². The molecule has 0 spiro atoms. The second kappa shape index (κ2) is 7.65. The van der Waals surface area contributed by atoms with Crippen molar-refractivity contribution < 1.29 is 9.53 Å². The molecule has 0 saturated carbocycles.